The van der Waals surface area contributed by atoms with E-state index in [4.69, 9.17) is 39.2 Å². The summed E-state index contributed by atoms with van der Waals surface area (Å²) in [6.07, 6.45) is 0. The Morgan fingerprint density at radius 3 is 2.39 bits per heavy atom. The third-order valence-electron chi connectivity index (χ3n) is 4.89. The van der Waals surface area contributed by atoms with Crippen molar-refractivity contribution in [2.24, 2.45) is 5.10 Å². The predicted molar refractivity (Wildman–Crippen MR) is 137 cm³/mol. The average Bonchev–Trinajstić information content (AvgIpc) is 2.83. The van der Waals surface area contributed by atoms with Gasteiger partial charge in [0.15, 0.2) is 11.4 Å². The Bertz CT molecular complexity index is 1550. The van der Waals surface area contributed by atoms with Crippen molar-refractivity contribution >= 4 is 74.5 Å². The molecular formula is C23H15Cl3N4O6. The van der Waals surface area contributed by atoms with E-state index in [1.54, 1.807) is 30.3 Å². The Balaban J connectivity index is 1.82. The molecule has 1 unspecified atom stereocenters. The predicted octanol–water partition coefficient (Wildman–Crippen LogP) is 4.32. The van der Waals surface area contributed by atoms with Crippen LogP contribution in [0.3, 0.4) is 0 Å². The highest BCUT2D eigenvalue weighted by molar-refractivity contribution is 6.51. The van der Waals surface area contributed by atoms with Gasteiger partial charge in [-0.3, -0.25) is 10.2 Å². The minimum Gasteiger partial charge on any atom is -0.595 e. The summed E-state index contributed by atoms with van der Waals surface area (Å²) in [4.78, 5) is 26.1. The number of benzene rings is 3. The Hall–Kier alpha value is -3.64. The molecule has 4 aromatic rings. The lowest BCUT2D eigenvalue weighted by molar-refractivity contribution is -0.991. The van der Waals surface area contributed by atoms with E-state index in [-0.39, 0.29) is 32.4 Å². The van der Waals surface area contributed by atoms with Gasteiger partial charge in [0.2, 0.25) is 0 Å². The van der Waals surface area contributed by atoms with Gasteiger partial charge in [0.05, 0.1) is 26.8 Å². The van der Waals surface area contributed by atoms with Crippen LogP contribution < -0.4 is 21.6 Å². The number of rotatable bonds is 6. The van der Waals surface area contributed by atoms with Gasteiger partial charge in [0, 0.05) is 17.2 Å². The molecule has 0 fully saturated rings. The molecule has 0 bridgehead atoms. The summed E-state index contributed by atoms with van der Waals surface area (Å²) in [6.45, 7) is 0. The number of anilines is 2. The zero-order valence-electron chi connectivity index (χ0n) is 17.9. The molecule has 5 N–H and O–H groups in total. The van der Waals surface area contributed by atoms with Gasteiger partial charge in [0.25, 0.3) is 5.91 Å². The fourth-order valence-corrected chi connectivity index (χ4v) is 4.00. The highest BCUT2D eigenvalue weighted by Crippen LogP contribution is 2.33. The fraction of sp³-hybridized carbons (Fsp3) is 0. The number of carbonyl (C=O) groups is 1. The monoisotopic (exact) mass is 548 g/mol. The molecule has 0 saturated heterocycles. The summed E-state index contributed by atoms with van der Waals surface area (Å²) >= 11 is 18.3. The zero-order chi connectivity index (χ0) is 26.0. The Morgan fingerprint density at radius 2 is 1.72 bits per heavy atom. The third-order valence-corrected chi connectivity index (χ3v) is 5.72. The Morgan fingerprint density at radius 1 is 1.03 bits per heavy atom. The fourth-order valence-electron chi connectivity index (χ4n) is 3.23. The molecule has 1 amide bonds. The molecule has 13 heteroatoms. The SMILES string of the molecule is O=C(Nc1c(Cl)cc([NH+]([O-])O)cc1Cl)/C(=N/Nc1cccc(Cl)c1)c1c(O)c2ccccc2oc1=O. The Kier molecular flexibility index (Phi) is 7.45. The van der Waals surface area contributed by atoms with Crippen LogP contribution in [0.5, 0.6) is 5.75 Å². The van der Waals surface area contributed by atoms with E-state index in [0.29, 0.717) is 10.7 Å². The van der Waals surface area contributed by atoms with E-state index >= 15 is 0 Å². The van der Waals surface area contributed by atoms with E-state index in [0.717, 1.165) is 12.1 Å². The number of hydrazone groups is 1. The largest absolute Gasteiger partial charge is 0.595 e. The molecule has 0 spiro atoms. The van der Waals surface area contributed by atoms with Crippen LogP contribution in [0.1, 0.15) is 5.56 Å². The maximum absolute atomic E-state index is 13.3. The van der Waals surface area contributed by atoms with Crippen LogP contribution in [0, 0.1) is 5.21 Å². The molecule has 3 aromatic carbocycles. The van der Waals surface area contributed by atoms with Crippen molar-refractivity contribution in [1.29, 1.82) is 0 Å². The molecular weight excluding hydrogens is 535 g/mol. The summed E-state index contributed by atoms with van der Waals surface area (Å²) in [5.74, 6) is -1.55. The summed E-state index contributed by atoms with van der Waals surface area (Å²) in [6, 6.07) is 14.7. The van der Waals surface area contributed by atoms with Gasteiger partial charge < -0.3 is 20.0 Å². The molecule has 0 aliphatic carbocycles. The van der Waals surface area contributed by atoms with E-state index in [9.17, 15) is 25.1 Å². The number of halogens is 3. The van der Waals surface area contributed by atoms with Crippen molar-refractivity contribution < 1.29 is 24.8 Å². The standard InChI is InChI=1S/C23H15Cl3N4O6/c24-11-4-3-5-12(8-11)28-29-20(18-21(31)14-6-1-2-7-17(14)36-23(18)33)22(32)27-19-15(25)9-13(30(34)35)10-16(19)26/h1-10,28,30-31,34H,(H,27,32)/b29-20+. The summed E-state index contributed by atoms with van der Waals surface area (Å²) in [5.41, 5.74) is 0.618. The number of nitrogens with one attached hydrogen (secondary N) is 3. The van der Waals surface area contributed by atoms with E-state index < -0.39 is 33.8 Å². The van der Waals surface area contributed by atoms with Gasteiger partial charge in [-0.05, 0) is 30.3 Å². The number of fused-ring (bicyclic) bond motifs is 1. The second kappa shape index (κ2) is 10.5. The summed E-state index contributed by atoms with van der Waals surface area (Å²) in [5, 5.41) is 36.7. The third kappa shape index (κ3) is 5.29. The van der Waals surface area contributed by atoms with Crippen LogP contribution in [0.4, 0.5) is 17.1 Å². The van der Waals surface area contributed by atoms with Crippen LogP contribution in [0.15, 0.2) is 75.0 Å². The Labute approximate surface area is 217 Å². The number of nitrogens with zero attached hydrogens (tertiary/aromatic N) is 1. The van der Waals surface area contributed by atoms with E-state index in [2.05, 4.69) is 15.8 Å². The van der Waals surface area contributed by atoms with Gasteiger partial charge >= 0.3 is 5.63 Å². The van der Waals surface area contributed by atoms with Crippen molar-refractivity contribution in [3.8, 4) is 5.75 Å². The highest BCUT2D eigenvalue weighted by Gasteiger charge is 2.27. The topological polar surface area (TPSA) is 152 Å². The molecule has 0 saturated carbocycles. The first kappa shape index (κ1) is 25.5. The maximum atomic E-state index is 13.3. The van der Waals surface area contributed by atoms with Crippen LogP contribution >= 0.6 is 34.8 Å². The molecule has 1 heterocycles. The minimum absolute atomic E-state index is 0.0988. The first-order valence-corrected chi connectivity index (χ1v) is 11.2. The molecule has 4 rings (SSSR count). The van der Waals surface area contributed by atoms with Gasteiger partial charge in [-0.15, -0.1) is 0 Å². The number of hydrogen-bond donors (Lipinski definition) is 5. The van der Waals surface area contributed by atoms with E-state index in [1.807, 2.05) is 0 Å². The van der Waals surface area contributed by atoms with Crippen molar-refractivity contribution in [1.82, 2.24) is 0 Å². The quantitative estimate of drug-likeness (QED) is 0.136. The smallest absolute Gasteiger partial charge is 0.349 e. The van der Waals surface area contributed by atoms with Crippen LogP contribution in [-0.2, 0) is 4.79 Å². The summed E-state index contributed by atoms with van der Waals surface area (Å²) in [7, 11) is 0. The second-order valence-electron chi connectivity index (χ2n) is 7.27. The van der Waals surface area contributed by atoms with Gasteiger partial charge in [-0.25, -0.2) is 10.0 Å². The molecule has 0 aliphatic heterocycles. The normalized spacial score (nSPS) is 12.4. The molecule has 1 atom stereocenters. The molecule has 0 aliphatic rings. The molecule has 184 valence electrons. The number of amides is 1. The van der Waals surface area contributed by atoms with Crippen LogP contribution in [0.2, 0.25) is 15.1 Å². The number of aromatic hydroxyl groups is 1. The number of quaternary nitrogens is 1. The molecule has 0 radical (unpaired) electrons. The van der Waals surface area contributed by atoms with Gasteiger partial charge in [-0.1, -0.05) is 53.0 Å². The number of para-hydroxylation sites is 1. The van der Waals surface area contributed by atoms with Crippen molar-refractivity contribution in [3.05, 3.63) is 96.9 Å². The molecule has 10 nitrogen and oxygen atoms in total. The van der Waals surface area contributed by atoms with Crippen molar-refractivity contribution in [2.45, 2.75) is 0 Å². The number of carbonyl (C=O) groups excluding carboxylic acids is 1. The van der Waals surface area contributed by atoms with Crippen molar-refractivity contribution in [2.75, 3.05) is 10.7 Å². The van der Waals surface area contributed by atoms with Crippen LogP contribution in [0.25, 0.3) is 11.0 Å². The first-order chi connectivity index (χ1) is 17.2. The minimum atomic E-state index is -1.27. The lowest BCUT2D eigenvalue weighted by Gasteiger charge is -2.16. The lowest BCUT2D eigenvalue weighted by Crippen LogP contribution is -2.99. The molecule has 36 heavy (non-hydrogen) atoms. The molecule has 1 aromatic heterocycles. The summed E-state index contributed by atoms with van der Waals surface area (Å²) < 4.78 is 5.27. The average molecular weight is 550 g/mol. The van der Waals surface area contributed by atoms with Crippen LogP contribution in [-0.4, -0.2) is 21.9 Å². The van der Waals surface area contributed by atoms with Gasteiger partial charge in [0.1, 0.15) is 16.9 Å². The second-order valence-corrected chi connectivity index (χ2v) is 8.52. The number of hydrogen-bond acceptors (Lipinski definition) is 8. The zero-order valence-corrected chi connectivity index (χ0v) is 20.1. The maximum Gasteiger partial charge on any atom is 0.349 e. The van der Waals surface area contributed by atoms with Crippen molar-refractivity contribution in [3.63, 3.8) is 0 Å². The highest BCUT2D eigenvalue weighted by atomic mass is 35.5. The first-order valence-electron chi connectivity index (χ1n) is 10.0. The van der Waals surface area contributed by atoms with E-state index in [1.165, 1.54) is 18.2 Å². The van der Waals surface area contributed by atoms with Gasteiger partial charge in [-0.2, -0.15) is 10.3 Å². The lowest BCUT2D eigenvalue weighted by atomic mass is 10.1.